The first kappa shape index (κ1) is 18.8. The second kappa shape index (κ2) is 7.31. The van der Waals surface area contributed by atoms with Gasteiger partial charge in [-0.25, -0.2) is 19.9 Å². The highest BCUT2D eigenvalue weighted by molar-refractivity contribution is 6.28. The van der Waals surface area contributed by atoms with Crippen LogP contribution in [0.5, 0.6) is 0 Å². The fourth-order valence-electron chi connectivity index (χ4n) is 2.54. The monoisotopic (exact) mass is 388 g/mol. The van der Waals surface area contributed by atoms with Crippen molar-refractivity contribution in [2.75, 3.05) is 11.5 Å². The average molecular weight is 389 g/mol. The minimum Gasteiger partial charge on any atom is -0.382 e. The molecule has 0 saturated heterocycles. The normalized spacial score (nSPS) is 11.4. The largest absolute Gasteiger partial charge is 0.382 e. The third-order valence-electron chi connectivity index (χ3n) is 3.92. The molecule has 0 amide bonds. The Labute approximate surface area is 160 Å². The second-order valence-electron chi connectivity index (χ2n) is 6.47. The van der Waals surface area contributed by atoms with E-state index < -0.39 is 0 Å². The molecule has 0 saturated carbocycles. The number of fused-ring (bicyclic) bond motifs is 2. The van der Waals surface area contributed by atoms with Crippen LogP contribution in [0.25, 0.3) is 22.3 Å². The summed E-state index contributed by atoms with van der Waals surface area (Å²) in [5.41, 5.74) is 14.1. The number of hydrogen-bond acceptors (Lipinski definition) is 8. The van der Waals surface area contributed by atoms with E-state index in [1.165, 1.54) is 6.33 Å². The van der Waals surface area contributed by atoms with Crippen molar-refractivity contribution in [1.82, 2.24) is 39.0 Å². The lowest BCUT2D eigenvalue weighted by molar-refractivity contribution is 0.612. The molecule has 0 aromatic carbocycles. The molecule has 27 heavy (non-hydrogen) atoms. The van der Waals surface area contributed by atoms with E-state index >= 15 is 0 Å². The quantitative estimate of drug-likeness (QED) is 0.499. The van der Waals surface area contributed by atoms with Gasteiger partial charge < -0.3 is 20.6 Å². The van der Waals surface area contributed by atoms with E-state index in [2.05, 4.69) is 43.8 Å². The van der Waals surface area contributed by atoms with Gasteiger partial charge in [0.15, 0.2) is 22.9 Å². The van der Waals surface area contributed by atoms with E-state index in [-0.39, 0.29) is 11.3 Å². The maximum Gasteiger partial charge on any atom is 0.226 e. The lowest BCUT2D eigenvalue weighted by Gasteiger charge is -2.06. The van der Waals surface area contributed by atoms with Gasteiger partial charge in [-0.05, 0) is 39.3 Å². The molecule has 10 nitrogen and oxygen atoms in total. The van der Waals surface area contributed by atoms with Gasteiger partial charge in [0.2, 0.25) is 5.28 Å². The first-order valence-electron chi connectivity index (χ1n) is 8.38. The number of rotatable bonds is 2. The van der Waals surface area contributed by atoms with Gasteiger partial charge in [-0.2, -0.15) is 9.97 Å². The maximum absolute atomic E-state index is 5.71. The van der Waals surface area contributed by atoms with Crippen molar-refractivity contribution in [3.63, 3.8) is 0 Å². The third-order valence-corrected chi connectivity index (χ3v) is 4.09. The summed E-state index contributed by atoms with van der Waals surface area (Å²) in [7, 11) is 0. The molecule has 0 unspecified atom stereocenters. The maximum atomic E-state index is 5.71. The zero-order valence-electron chi connectivity index (χ0n) is 15.5. The van der Waals surface area contributed by atoms with Crippen LogP contribution in [0, 0.1) is 0 Å². The van der Waals surface area contributed by atoms with Crippen molar-refractivity contribution in [2.24, 2.45) is 0 Å². The summed E-state index contributed by atoms with van der Waals surface area (Å²) in [5.74, 6) is 0.754. The summed E-state index contributed by atoms with van der Waals surface area (Å²) in [6, 6.07) is 0.602. The highest BCUT2D eigenvalue weighted by atomic mass is 35.5. The molecule has 4 aromatic heterocycles. The smallest absolute Gasteiger partial charge is 0.226 e. The van der Waals surface area contributed by atoms with Crippen LogP contribution >= 0.6 is 11.6 Å². The number of anilines is 2. The highest BCUT2D eigenvalue weighted by Gasteiger charge is 2.11. The lowest BCUT2D eigenvalue weighted by atomic mass is 10.4. The standard InChI is InChI=1S/C8H10ClN5.C8H11N5/c1-4(2)14-3-11-5-6(10)12-8(9)13-7(5)14;1-5(2)13-4-12-6-7(9)10-3-11-8(6)13/h3-4H,1-2H3,(H2,10,12,13);3-5H,1-2H3,(H2,9,10,11). The molecule has 4 rings (SSSR count). The molecule has 0 aliphatic heterocycles. The number of halogens is 1. The van der Waals surface area contributed by atoms with Crippen molar-refractivity contribution in [3.05, 3.63) is 24.3 Å². The second-order valence-corrected chi connectivity index (χ2v) is 6.81. The minimum absolute atomic E-state index is 0.150. The van der Waals surface area contributed by atoms with Crippen LogP contribution < -0.4 is 11.5 Å². The van der Waals surface area contributed by atoms with Crippen LogP contribution in [-0.2, 0) is 0 Å². The summed E-state index contributed by atoms with van der Waals surface area (Å²) in [6.07, 6.45) is 4.88. The first-order valence-corrected chi connectivity index (χ1v) is 8.76. The topological polar surface area (TPSA) is 139 Å². The highest BCUT2D eigenvalue weighted by Crippen LogP contribution is 2.21. The molecule has 11 heteroatoms. The molecule has 0 fully saturated rings. The molecule has 0 bridgehead atoms. The number of nitrogen functional groups attached to an aromatic ring is 2. The molecule has 0 aliphatic rings. The van der Waals surface area contributed by atoms with Crippen LogP contribution in [0.2, 0.25) is 5.28 Å². The van der Waals surface area contributed by atoms with Crippen LogP contribution in [-0.4, -0.2) is 39.0 Å². The van der Waals surface area contributed by atoms with Gasteiger partial charge in [0.25, 0.3) is 0 Å². The van der Waals surface area contributed by atoms with Crippen LogP contribution in [0.3, 0.4) is 0 Å². The van der Waals surface area contributed by atoms with Gasteiger partial charge in [-0.15, -0.1) is 0 Å². The predicted octanol–water partition coefficient (Wildman–Crippen LogP) is 2.63. The molecule has 0 atom stereocenters. The molecular weight excluding hydrogens is 368 g/mol. The number of nitrogens with two attached hydrogens (primary N) is 2. The van der Waals surface area contributed by atoms with Gasteiger partial charge in [0, 0.05) is 12.1 Å². The predicted molar refractivity (Wildman–Crippen MR) is 105 cm³/mol. The van der Waals surface area contributed by atoms with Gasteiger partial charge in [-0.1, -0.05) is 0 Å². The van der Waals surface area contributed by atoms with E-state index in [9.17, 15) is 0 Å². The molecule has 0 spiro atoms. The number of aromatic nitrogens is 8. The number of imidazole rings is 2. The lowest BCUT2D eigenvalue weighted by Crippen LogP contribution is -2.01. The summed E-state index contributed by atoms with van der Waals surface area (Å²) in [6.45, 7) is 8.21. The Morgan fingerprint density at radius 3 is 1.93 bits per heavy atom. The Morgan fingerprint density at radius 1 is 0.778 bits per heavy atom. The molecule has 4 N–H and O–H groups in total. The van der Waals surface area contributed by atoms with E-state index in [1.807, 2.05) is 23.0 Å². The zero-order valence-corrected chi connectivity index (χ0v) is 16.3. The van der Waals surface area contributed by atoms with E-state index in [1.54, 1.807) is 12.7 Å². The molecule has 142 valence electrons. The Bertz CT molecular complexity index is 1080. The zero-order chi connectivity index (χ0) is 19.7. The van der Waals surface area contributed by atoms with Crippen LogP contribution in [0.4, 0.5) is 11.6 Å². The van der Waals surface area contributed by atoms with E-state index in [4.69, 9.17) is 23.1 Å². The van der Waals surface area contributed by atoms with Crippen molar-refractivity contribution < 1.29 is 0 Å². The number of hydrogen-bond donors (Lipinski definition) is 2. The van der Waals surface area contributed by atoms with Crippen LogP contribution in [0.1, 0.15) is 39.8 Å². The van der Waals surface area contributed by atoms with Crippen molar-refractivity contribution in [3.8, 4) is 0 Å². The molecule has 4 heterocycles. The average Bonchev–Trinajstić information content (AvgIpc) is 3.20. The minimum atomic E-state index is 0.150. The summed E-state index contributed by atoms with van der Waals surface area (Å²) >= 11 is 5.71. The van der Waals surface area contributed by atoms with E-state index in [0.717, 1.165) is 5.65 Å². The Balaban J connectivity index is 0.000000156. The van der Waals surface area contributed by atoms with Crippen molar-refractivity contribution >= 4 is 45.6 Å². The molecule has 0 aliphatic carbocycles. The summed E-state index contributed by atoms with van der Waals surface area (Å²) < 4.78 is 3.87. The Kier molecular flexibility index (Phi) is 5.08. The van der Waals surface area contributed by atoms with Gasteiger partial charge in [0.05, 0.1) is 12.7 Å². The molecule has 4 aromatic rings. The summed E-state index contributed by atoms with van der Waals surface area (Å²) in [4.78, 5) is 24.2. The third kappa shape index (κ3) is 3.61. The van der Waals surface area contributed by atoms with E-state index in [0.29, 0.717) is 34.4 Å². The number of nitrogens with zero attached hydrogens (tertiary/aromatic N) is 8. The fourth-order valence-corrected chi connectivity index (χ4v) is 2.71. The van der Waals surface area contributed by atoms with Crippen molar-refractivity contribution in [2.45, 2.75) is 39.8 Å². The van der Waals surface area contributed by atoms with Gasteiger partial charge in [-0.3, -0.25) is 0 Å². The fraction of sp³-hybridized carbons (Fsp3) is 0.375. The van der Waals surface area contributed by atoms with Gasteiger partial charge >= 0.3 is 0 Å². The SMILES string of the molecule is CC(C)n1cnc2c(N)nc(Cl)nc21.CC(C)n1cnc2c(N)ncnc21. The van der Waals surface area contributed by atoms with Gasteiger partial charge in [0.1, 0.15) is 17.4 Å². The Hall–Kier alpha value is -3.01. The van der Waals surface area contributed by atoms with Crippen LogP contribution in [0.15, 0.2) is 19.0 Å². The summed E-state index contributed by atoms with van der Waals surface area (Å²) in [5, 5.41) is 0.150. The Morgan fingerprint density at radius 2 is 1.33 bits per heavy atom. The first-order chi connectivity index (χ1) is 12.8. The molecular formula is C16H21ClN10. The molecule has 0 radical (unpaired) electrons. The van der Waals surface area contributed by atoms with Crippen molar-refractivity contribution in [1.29, 1.82) is 0 Å².